The molecule has 1 N–H and O–H groups in total. The van der Waals surface area contributed by atoms with Crippen LogP contribution in [0.25, 0.3) is 11.3 Å². The van der Waals surface area contributed by atoms with Crippen LogP contribution in [0.2, 0.25) is 25.7 Å². The fourth-order valence-electron chi connectivity index (χ4n) is 5.43. The maximum Gasteiger partial charge on any atom is 0.220 e. The SMILES string of the molecule is C[Si](C)(C)CCOCn1c(-c2ccc(Br)cc2F)cnc1C1(CC=CCCC2(c3ccon3)OCCO2)CCC(=O)N1. The van der Waals surface area contributed by atoms with Gasteiger partial charge in [0, 0.05) is 43.6 Å². The van der Waals surface area contributed by atoms with Gasteiger partial charge in [-0.2, -0.15) is 0 Å². The molecule has 0 aliphatic carbocycles. The number of benzene rings is 1. The number of nitrogens with one attached hydrogen (secondary N) is 1. The number of rotatable bonds is 13. The molecule has 5 rings (SSSR count). The highest BCUT2D eigenvalue weighted by molar-refractivity contribution is 9.10. The van der Waals surface area contributed by atoms with E-state index in [1.807, 2.05) is 4.57 Å². The van der Waals surface area contributed by atoms with Crippen molar-refractivity contribution in [1.82, 2.24) is 20.0 Å². The molecule has 2 aliphatic rings. The minimum atomic E-state index is -1.30. The predicted octanol–water partition coefficient (Wildman–Crippen LogP) is 6.48. The maximum absolute atomic E-state index is 15.1. The second kappa shape index (κ2) is 12.9. The Morgan fingerprint density at radius 2 is 2.02 bits per heavy atom. The second-order valence-corrected chi connectivity index (χ2v) is 18.6. The average molecular weight is 662 g/mol. The summed E-state index contributed by atoms with van der Waals surface area (Å²) in [5, 5.41) is 7.23. The van der Waals surface area contributed by atoms with Gasteiger partial charge in [-0.1, -0.05) is 52.9 Å². The molecule has 2 fully saturated rings. The lowest BCUT2D eigenvalue weighted by Gasteiger charge is -2.29. The molecule has 0 bridgehead atoms. The Balaban J connectivity index is 1.38. The van der Waals surface area contributed by atoms with E-state index < -0.39 is 19.4 Å². The highest BCUT2D eigenvalue weighted by Gasteiger charge is 2.43. The Hall–Kier alpha value is -2.64. The van der Waals surface area contributed by atoms with Gasteiger partial charge in [-0.05, 0) is 43.5 Å². The van der Waals surface area contributed by atoms with Crippen LogP contribution in [0.4, 0.5) is 4.39 Å². The molecule has 2 aliphatic heterocycles. The van der Waals surface area contributed by atoms with E-state index >= 15 is 4.39 Å². The number of hydrogen-bond donors (Lipinski definition) is 1. The standard InChI is InChI=1S/C30H38BrFN4O5Si/c1-42(2,3)18-17-38-21-36-25(23-8-7-22(31)19-24(23)32)20-33-28(36)29(13-9-27(37)34-29)11-5-4-6-12-30(39-15-16-40-30)26-10-14-41-35-26/h4-5,7-8,10,14,19-20H,6,9,11-13,15-18,21H2,1-3H3,(H,34,37). The third-order valence-electron chi connectivity index (χ3n) is 7.72. The zero-order valence-electron chi connectivity index (χ0n) is 24.3. The van der Waals surface area contributed by atoms with E-state index in [2.05, 4.69) is 58.2 Å². The molecule has 0 spiro atoms. The van der Waals surface area contributed by atoms with Crippen LogP contribution in [-0.4, -0.2) is 48.5 Å². The molecule has 4 heterocycles. The summed E-state index contributed by atoms with van der Waals surface area (Å²) in [4.78, 5) is 17.4. The van der Waals surface area contributed by atoms with E-state index in [1.165, 1.54) is 12.3 Å². The molecular formula is C30H38BrFN4O5Si. The first-order chi connectivity index (χ1) is 20.1. The fraction of sp³-hybridized carbons (Fsp3) is 0.500. The average Bonchev–Trinajstić information content (AvgIpc) is 3.74. The molecule has 0 radical (unpaired) electrons. The zero-order valence-corrected chi connectivity index (χ0v) is 26.9. The molecule has 226 valence electrons. The first-order valence-corrected chi connectivity index (χ1v) is 18.8. The summed E-state index contributed by atoms with van der Waals surface area (Å²) >= 11 is 3.35. The number of aromatic nitrogens is 3. The third-order valence-corrected chi connectivity index (χ3v) is 9.92. The summed E-state index contributed by atoms with van der Waals surface area (Å²) in [7, 11) is -1.30. The first-order valence-electron chi connectivity index (χ1n) is 14.3. The predicted molar refractivity (Wildman–Crippen MR) is 162 cm³/mol. The number of carbonyl (C=O) groups is 1. The van der Waals surface area contributed by atoms with Gasteiger partial charge in [-0.3, -0.25) is 4.79 Å². The minimum Gasteiger partial charge on any atom is -0.364 e. The van der Waals surface area contributed by atoms with Gasteiger partial charge in [0.2, 0.25) is 11.7 Å². The molecule has 0 saturated carbocycles. The van der Waals surface area contributed by atoms with E-state index in [9.17, 15) is 4.79 Å². The quantitative estimate of drug-likeness (QED) is 0.127. The smallest absolute Gasteiger partial charge is 0.220 e. The normalized spacial score (nSPS) is 20.5. The molecule has 9 nitrogen and oxygen atoms in total. The van der Waals surface area contributed by atoms with Crippen molar-refractivity contribution in [3.05, 3.63) is 70.7 Å². The van der Waals surface area contributed by atoms with Crippen molar-refractivity contribution < 1.29 is 27.9 Å². The maximum atomic E-state index is 15.1. The van der Waals surface area contributed by atoms with Crippen LogP contribution in [0.1, 0.15) is 43.6 Å². The topological polar surface area (TPSA) is 101 Å². The molecule has 1 atom stereocenters. The van der Waals surface area contributed by atoms with Crippen molar-refractivity contribution >= 4 is 29.9 Å². The van der Waals surface area contributed by atoms with E-state index in [0.717, 1.165) is 6.04 Å². The Morgan fingerprint density at radius 3 is 2.69 bits per heavy atom. The lowest BCUT2D eigenvalue weighted by atomic mass is 9.91. The zero-order chi connectivity index (χ0) is 29.8. The van der Waals surface area contributed by atoms with Gasteiger partial charge in [0.1, 0.15) is 35.9 Å². The highest BCUT2D eigenvalue weighted by atomic mass is 79.9. The molecule has 2 aromatic heterocycles. The van der Waals surface area contributed by atoms with E-state index in [4.69, 9.17) is 23.7 Å². The van der Waals surface area contributed by atoms with Crippen LogP contribution < -0.4 is 5.32 Å². The van der Waals surface area contributed by atoms with Crippen molar-refractivity contribution in [1.29, 1.82) is 0 Å². The summed E-state index contributed by atoms with van der Waals surface area (Å²) < 4.78 is 40.7. The van der Waals surface area contributed by atoms with Crippen LogP contribution in [-0.2, 0) is 37.1 Å². The largest absolute Gasteiger partial charge is 0.364 e. The van der Waals surface area contributed by atoms with Crippen molar-refractivity contribution in [2.75, 3.05) is 19.8 Å². The van der Waals surface area contributed by atoms with E-state index in [1.54, 1.807) is 24.4 Å². The van der Waals surface area contributed by atoms with Crippen LogP contribution >= 0.6 is 15.9 Å². The molecule has 2 saturated heterocycles. The number of amides is 1. The van der Waals surface area contributed by atoms with E-state index in [-0.39, 0.29) is 18.5 Å². The van der Waals surface area contributed by atoms with Crippen molar-refractivity contribution in [2.24, 2.45) is 0 Å². The first kappa shape index (κ1) is 30.8. The van der Waals surface area contributed by atoms with Gasteiger partial charge < -0.3 is 28.6 Å². The fourth-order valence-corrected chi connectivity index (χ4v) is 6.52. The molecular weight excluding hydrogens is 623 g/mol. The molecule has 3 aromatic rings. The van der Waals surface area contributed by atoms with Crippen molar-refractivity contribution in [2.45, 2.75) is 75.8 Å². The van der Waals surface area contributed by atoms with Crippen molar-refractivity contribution in [3.63, 3.8) is 0 Å². The lowest BCUT2D eigenvalue weighted by Crippen LogP contribution is -2.41. The Labute approximate surface area is 254 Å². The summed E-state index contributed by atoms with van der Waals surface area (Å²) in [6.45, 7) is 8.71. The molecule has 1 unspecified atom stereocenters. The summed E-state index contributed by atoms with van der Waals surface area (Å²) in [6.07, 6.45) is 10.0. The molecule has 42 heavy (non-hydrogen) atoms. The second-order valence-electron chi connectivity index (χ2n) is 12.0. The minimum absolute atomic E-state index is 0.0355. The molecule has 1 aromatic carbocycles. The van der Waals surface area contributed by atoms with Gasteiger partial charge >= 0.3 is 0 Å². The third kappa shape index (κ3) is 6.94. The molecule has 12 heteroatoms. The number of nitrogens with zero attached hydrogens (tertiary/aromatic N) is 3. The van der Waals surface area contributed by atoms with Crippen LogP contribution in [0.3, 0.4) is 0 Å². The van der Waals surface area contributed by atoms with Gasteiger partial charge in [0.15, 0.2) is 0 Å². The number of hydrogen-bond acceptors (Lipinski definition) is 7. The number of allylic oxidation sites excluding steroid dienone is 1. The highest BCUT2D eigenvalue weighted by Crippen LogP contribution is 2.38. The summed E-state index contributed by atoms with van der Waals surface area (Å²) in [5.74, 6) is -0.651. The monoisotopic (exact) mass is 660 g/mol. The Morgan fingerprint density at radius 1 is 1.21 bits per heavy atom. The van der Waals surface area contributed by atoms with Crippen molar-refractivity contribution in [3.8, 4) is 11.3 Å². The number of ether oxygens (including phenoxy) is 3. The summed E-state index contributed by atoms with van der Waals surface area (Å²) in [5.41, 5.74) is 0.911. The van der Waals surface area contributed by atoms with Crippen LogP contribution in [0, 0.1) is 5.82 Å². The van der Waals surface area contributed by atoms with E-state index in [0.29, 0.717) is 79.2 Å². The Kier molecular flexibility index (Phi) is 9.48. The van der Waals surface area contributed by atoms with Gasteiger partial charge in [0.25, 0.3) is 0 Å². The van der Waals surface area contributed by atoms with Crippen LogP contribution in [0.5, 0.6) is 0 Å². The Bertz CT molecular complexity index is 1400. The van der Waals surface area contributed by atoms with Crippen LogP contribution in [0.15, 0.2) is 57.9 Å². The lowest BCUT2D eigenvalue weighted by molar-refractivity contribution is -0.174. The van der Waals surface area contributed by atoms with Gasteiger partial charge in [-0.25, -0.2) is 9.37 Å². The number of halogens is 2. The van der Waals surface area contributed by atoms with Gasteiger partial charge in [0.05, 0.1) is 25.1 Å². The molecule has 1 amide bonds. The van der Waals surface area contributed by atoms with Gasteiger partial charge in [-0.15, -0.1) is 0 Å². The number of imidazole rings is 1. The summed E-state index contributed by atoms with van der Waals surface area (Å²) in [6, 6.07) is 7.75. The number of carbonyl (C=O) groups excluding carboxylic acids is 1.